The maximum Gasteiger partial charge on any atom is 0.257 e. The molecule has 0 unspecified atom stereocenters. The van der Waals surface area contributed by atoms with Gasteiger partial charge in [-0.1, -0.05) is 18.2 Å². The van der Waals surface area contributed by atoms with Crippen LogP contribution >= 0.6 is 0 Å². The van der Waals surface area contributed by atoms with Crippen molar-refractivity contribution in [1.29, 1.82) is 0 Å². The first-order chi connectivity index (χ1) is 13.8. The molecule has 29 heavy (non-hydrogen) atoms. The molecule has 0 aliphatic heterocycles. The molecule has 150 valence electrons. The minimum absolute atomic E-state index is 0.0150. The van der Waals surface area contributed by atoms with E-state index in [2.05, 4.69) is 15.6 Å². The smallest absolute Gasteiger partial charge is 0.257 e. The topological polar surface area (TPSA) is 76.0 Å². The number of hydrogen-bond donors (Lipinski definition) is 2. The number of carbonyl (C=O) groups is 2. The lowest BCUT2D eigenvalue weighted by Gasteiger charge is -2.10. The standard InChI is InChI=1S/C23H26N4O2/c1-15(2)25-22(28)14-18-8-10-19(11-9-18)26-23(29)20-13-16(3)27(17(20)4)21-7-5-6-12-24-21/h5-13,15H,14H2,1-4H3,(H,25,28)(H,26,29). The SMILES string of the molecule is Cc1cc(C(=O)Nc2ccc(CC(=O)NC(C)C)cc2)c(C)n1-c1ccccn1. The summed E-state index contributed by atoms with van der Waals surface area (Å²) in [6.07, 6.45) is 2.05. The average Bonchev–Trinajstić information content (AvgIpc) is 2.97. The van der Waals surface area contributed by atoms with E-state index in [0.717, 1.165) is 22.8 Å². The van der Waals surface area contributed by atoms with Crippen molar-refractivity contribution in [2.45, 2.75) is 40.2 Å². The number of nitrogens with one attached hydrogen (secondary N) is 2. The van der Waals surface area contributed by atoms with Crippen molar-refractivity contribution >= 4 is 17.5 Å². The first-order valence-electron chi connectivity index (χ1n) is 9.65. The van der Waals surface area contributed by atoms with Gasteiger partial charge in [-0.3, -0.25) is 9.59 Å². The molecule has 2 amide bonds. The Morgan fingerprint density at radius 2 is 1.79 bits per heavy atom. The highest BCUT2D eigenvalue weighted by molar-refractivity contribution is 6.05. The van der Waals surface area contributed by atoms with Crippen LogP contribution in [0.25, 0.3) is 5.82 Å². The zero-order valence-electron chi connectivity index (χ0n) is 17.2. The third kappa shape index (κ3) is 4.90. The van der Waals surface area contributed by atoms with Gasteiger partial charge in [0.25, 0.3) is 5.91 Å². The molecule has 0 saturated heterocycles. The van der Waals surface area contributed by atoms with E-state index in [1.165, 1.54) is 0 Å². The molecule has 2 N–H and O–H groups in total. The van der Waals surface area contributed by atoms with Gasteiger partial charge in [0.15, 0.2) is 0 Å². The van der Waals surface area contributed by atoms with Gasteiger partial charge in [-0.25, -0.2) is 4.98 Å². The molecule has 0 spiro atoms. The molecule has 6 heteroatoms. The number of pyridine rings is 1. The van der Waals surface area contributed by atoms with Crippen LogP contribution in [0.1, 0.15) is 41.2 Å². The van der Waals surface area contributed by atoms with Crippen LogP contribution in [0.5, 0.6) is 0 Å². The van der Waals surface area contributed by atoms with Crippen LogP contribution in [0.2, 0.25) is 0 Å². The minimum Gasteiger partial charge on any atom is -0.354 e. The second-order valence-electron chi connectivity index (χ2n) is 7.36. The minimum atomic E-state index is -0.175. The molecule has 3 aromatic rings. The fourth-order valence-corrected chi connectivity index (χ4v) is 3.29. The van der Waals surface area contributed by atoms with Gasteiger partial charge in [0.1, 0.15) is 5.82 Å². The fraction of sp³-hybridized carbons (Fsp3) is 0.261. The maximum atomic E-state index is 12.8. The number of aromatic nitrogens is 2. The quantitative estimate of drug-likeness (QED) is 0.672. The Morgan fingerprint density at radius 1 is 1.07 bits per heavy atom. The second-order valence-corrected chi connectivity index (χ2v) is 7.36. The second kappa shape index (κ2) is 8.73. The van der Waals surface area contributed by atoms with Crippen molar-refractivity contribution in [2.75, 3.05) is 5.32 Å². The van der Waals surface area contributed by atoms with Crippen molar-refractivity contribution < 1.29 is 9.59 Å². The van der Waals surface area contributed by atoms with Crippen LogP contribution in [0.15, 0.2) is 54.7 Å². The molecular formula is C23H26N4O2. The molecule has 0 saturated carbocycles. The molecule has 3 rings (SSSR count). The molecule has 0 atom stereocenters. The summed E-state index contributed by atoms with van der Waals surface area (Å²) in [6, 6.07) is 15.0. The zero-order chi connectivity index (χ0) is 21.0. The van der Waals surface area contributed by atoms with Gasteiger partial charge in [-0.05, 0) is 63.6 Å². The van der Waals surface area contributed by atoms with E-state index in [1.54, 1.807) is 6.20 Å². The number of hydrogen-bond acceptors (Lipinski definition) is 3. The number of carbonyl (C=O) groups excluding carboxylic acids is 2. The number of anilines is 1. The predicted octanol–water partition coefficient (Wildman–Crippen LogP) is 3.81. The van der Waals surface area contributed by atoms with Crippen LogP contribution in [0.3, 0.4) is 0 Å². The molecule has 0 aliphatic carbocycles. The summed E-state index contributed by atoms with van der Waals surface area (Å²) < 4.78 is 1.96. The molecule has 0 fully saturated rings. The molecule has 6 nitrogen and oxygen atoms in total. The Hall–Kier alpha value is -3.41. The third-order valence-electron chi connectivity index (χ3n) is 4.58. The molecule has 1 aromatic carbocycles. The highest BCUT2D eigenvalue weighted by Crippen LogP contribution is 2.21. The van der Waals surface area contributed by atoms with E-state index in [0.29, 0.717) is 17.7 Å². The van der Waals surface area contributed by atoms with Crippen molar-refractivity contribution in [3.63, 3.8) is 0 Å². The van der Waals surface area contributed by atoms with E-state index >= 15 is 0 Å². The van der Waals surface area contributed by atoms with Crippen molar-refractivity contribution in [3.05, 3.63) is 77.2 Å². The van der Waals surface area contributed by atoms with E-state index in [9.17, 15) is 9.59 Å². The van der Waals surface area contributed by atoms with Crippen LogP contribution < -0.4 is 10.6 Å². The number of nitrogens with zero attached hydrogens (tertiary/aromatic N) is 2. The molecule has 0 radical (unpaired) electrons. The van der Waals surface area contributed by atoms with Crippen LogP contribution in [-0.4, -0.2) is 27.4 Å². The fourth-order valence-electron chi connectivity index (χ4n) is 3.29. The first kappa shape index (κ1) is 20.3. The zero-order valence-corrected chi connectivity index (χ0v) is 17.2. The van der Waals surface area contributed by atoms with Gasteiger partial charge < -0.3 is 15.2 Å². The van der Waals surface area contributed by atoms with Crippen LogP contribution in [-0.2, 0) is 11.2 Å². The number of benzene rings is 1. The molecule has 0 bridgehead atoms. The van der Waals surface area contributed by atoms with Crippen LogP contribution in [0, 0.1) is 13.8 Å². The van der Waals surface area contributed by atoms with Gasteiger partial charge in [0, 0.05) is 29.3 Å². The summed E-state index contributed by atoms with van der Waals surface area (Å²) in [7, 11) is 0. The third-order valence-corrected chi connectivity index (χ3v) is 4.58. The Balaban J connectivity index is 1.72. The predicted molar refractivity (Wildman–Crippen MR) is 114 cm³/mol. The maximum absolute atomic E-state index is 12.8. The largest absolute Gasteiger partial charge is 0.354 e. The Morgan fingerprint density at radius 3 is 2.41 bits per heavy atom. The number of aryl methyl sites for hydroxylation is 1. The summed E-state index contributed by atoms with van der Waals surface area (Å²) in [5, 5.41) is 5.80. The molecule has 0 aliphatic rings. The van der Waals surface area contributed by atoms with Gasteiger partial charge in [-0.2, -0.15) is 0 Å². The summed E-state index contributed by atoms with van der Waals surface area (Å²) in [5.41, 5.74) is 3.97. The molecular weight excluding hydrogens is 364 g/mol. The Bertz CT molecular complexity index is 1010. The number of rotatable bonds is 6. The lowest BCUT2D eigenvalue weighted by molar-refractivity contribution is -0.120. The van der Waals surface area contributed by atoms with E-state index in [4.69, 9.17) is 0 Å². The van der Waals surface area contributed by atoms with Gasteiger partial charge >= 0.3 is 0 Å². The monoisotopic (exact) mass is 390 g/mol. The molecule has 2 heterocycles. The van der Waals surface area contributed by atoms with E-state index < -0.39 is 0 Å². The first-order valence-corrected chi connectivity index (χ1v) is 9.65. The summed E-state index contributed by atoms with van der Waals surface area (Å²) in [5.74, 6) is 0.593. The highest BCUT2D eigenvalue weighted by atomic mass is 16.2. The van der Waals surface area contributed by atoms with Crippen molar-refractivity contribution in [3.8, 4) is 5.82 Å². The number of amides is 2. The lowest BCUT2D eigenvalue weighted by Crippen LogP contribution is -2.31. The summed E-state index contributed by atoms with van der Waals surface area (Å²) in [6.45, 7) is 7.73. The van der Waals surface area contributed by atoms with E-state index in [1.807, 2.05) is 80.8 Å². The highest BCUT2D eigenvalue weighted by Gasteiger charge is 2.17. The lowest BCUT2D eigenvalue weighted by atomic mass is 10.1. The van der Waals surface area contributed by atoms with Crippen molar-refractivity contribution in [2.24, 2.45) is 0 Å². The average molecular weight is 390 g/mol. The van der Waals surface area contributed by atoms with Crippen molar-refractivity contribution in [1.82, 2.24) is 14.9 Å². The Labute approximate surface area is 171 Å². The van der Waals surface area contributed by atoms with Gasteiger partial charge in [0.2, 0.25) is 5.91 Å². The van der Waals surface area contributed by atoms with Crippen LogP contribution in [0.4, 0.5) is 5.69 Å². The normalized spacial score (nSPS) is 10.8. The molecule has 2 aromatic heterocycles. The van der Waals surface area contributed by atoms with E-state index in [-0.39, 0.29) is 17.9 Å². The summed E-state index contributed by atoms with van der Waals surface area (Å²) >= 11 is 0. The van der Waals surface area contributed by atoms with Gasteiger partial charge in [-0.15, -0.1) is 0 Å². The Kier molecular flexibility index (Phi) is 6.12. The summed E-state index contributed by atoms with van der Waals surface area (Å²) in [4.78, 5) is 29.1. The van der Waals surface area contributed by atoms with Gasteiger partial charge in [0.05, 0.1) is 12.0 Å².